The van der Waals surface area contributed by atoms with Gasteiger partial charge in [-0.25, -0.2) is 0 Å². The van der Waals surface area contributed by atoms with E-state index in [0.29, 0.717) is 31.5 Å². The molecule has 1 heterocycles. The summed E-state index contributed by atoms with van der Waals surface area (Å²) in [6.45, 7) is 3.23. The average Bonchev–Trinajstić information content (AvgIpc) is 2.46. The lowest BCUT2D eigenvalue weighted by atomic mass is 9.96. The van der Waals surface area contributed by atoms with Crippen LogP contribution in [0.25, 0.3) is 0 Å². The molecular weight excluding hydrogens is 242 g/mol. The van der Waals surface area contributed by atoms with Crippen LogP contribution in [0.1, 0.15) is 28.8 Å². The van der Waals surface area contributed by atoms with Crippen LogP contribution in [0.15, 0.2) is 24.3 Å². The molecule has 1 aromatic rings. The van der Waals surface area contributed by atoms with Crippen LogP contribution in [0.4, 0.5) is 0 Å². The molecule has 1 saturated heterocycles. The second-order valence-corrected chi connectivity index (χ2v) is 4.96. The third-order valence-electron chi connectivity index (χ3n) is 3.62. The van der Waals surface area contributed by atoms with Crippen LogP contribution in [0.5, 0.6) is 0 Å². The van der Waals surface area contributed by atoms with Gasteiger partial charge in [0.2, 0.25) is 0 Å². The van der Waals surface area contributed by atoms with Gasteiger partial charge in [-0.15, -0.1) is 0 Å². The van der Waals surface area contributed by atoms with Gasteiger partial charge in [0.25, 0.3) is 5.91 Å². The summed E-state index contributed by atoms with van der Waals surface area (Å²) >= 11 is 0. The van der Waals surface area contributed by atoms with Crippen LogP contribution in [0, 0.1) is 12.8 Å². The highest BCUT2D eigenvalue weighted by atomic mass is 16.5. The zero-order valence-corrected chi connectivity index (χ0v) is 11.4. The Morgan fingerprint density at radius 1 is 1.16 bits per heavy atom. The Morgan fingerprint density at radius 3 is 2.26 bits per heavy atom. The number of hydrogen-bond donors (Lipinski definition) is 0. The molecule has 0 atom stereocenters. The summed E-state index contributed by atoms with van der Waals surface area (Å²) < 4.78 is 4.74. The normalized spacial score (nSPS) is 16.2. The molecule has 1 fully saturated rings. The maximum atomic E-state index is 12.3. The zero-order valence-electron chi connectivity index (χ0n) is 11.4. The number of carbonyl (C=O) groups excluding carboxylic acids is 2. The van der Waals surface area contributed by atoms with Crippen molar-refractivity contribution in [2.75, 3.05) is 20.2 Å². The molecule has 0 unspecified atom stereocenters. The second-order valence-electron chi connectivity index (χ2n) is 4.96. The Balaban J connectivity index is 1.96. The third kappa shape index (κ3) is 3.13. The maximum absolute atomic E-state index is 12.3. The lowest BCUT2D eigenvalue weighted by Crippen LogP contribution is -2.40. The number of nitrogens with zero attached hydrogens (tertiary/aromatic N) is 1. The van der Waals surface area contributed by atoms with Gasteiger partial charge in [-0.3, -0.25) is 9.59 Å². The van der Waals surface area contributed by atoms with Gasteiger partial charge in [0, 0.05) is 18.7 Å². The highest BCUT2D eigenvalue weighted by Crippen LogP contribution is 2.20. The SMILES string of the molecule is COC(=O)C1CCN(C(=O)c2ccc(C)cc2)CC1. The number of amides is 1. The van der Waals surface area contributed by atoms with E-state index in [1.807, 2.05) is 36.1 Å². The van der Waals surface area contributed by atoms with E-state index in [1.165, 1.54) is 7.11 Å². The summed E-state index contributed by atoms with van der Waals surface area (Å²) in [6, 6.07) is 7.58. The Hall–Kier alpha value is -1.84. The first-order valence-electron chi connectivity index (χ1n) is 6.55. The Morgan fingerprint density at radius 2 is 1.74 bits per heavy atom. The van der Waals surface area contributed by atoms with E-state index in [2.05, 4.69) is 0 Å². The van der Waals surface area contributed by atoms with Crippen molar-refractivity contribution in [3.05, 3.63) is 35.4 Å². The number of esters is 1. The van der Waals surface area contributed by atoms with Crippen molar-refractivity contribution in [3.8, 4) is 0 Å². The van der Waals surface area contributed by atoms with Crippen molar-refractivity contribution in [2.45, 2.75) is 19.8 Å². The average molecular weight is 261 g/mol. The first-order valence-corrected chi connectivity index (χ1v) is 6.55. The number of piperidine rings is 1. The Kier molecular flexibility index (Phi) is 4.20. The monoisotopic (exact) mass is 261 g/mol. The fraction of sp³-hybridized carbons (Fsp3) is 0.467. The minimum atomic E-state index is -0.164. The third-order valence-corrected chi connectivity index (χ3v) is 3.62. The predicted molar refractivity (Wildman–Crippen MR) is 71.8 cm³/mol. The molecule has 0 radical (unpaired) electrons. The van der Waals surface area contributed by atoms with Gasteiger partial charge in [0.15, 0.2) is 0 Å². The van der Waals surface area contributed by atoms with Crippen molar-refractivity contribution in [3.63, 3.8) is 0 Å². The van der Waals surface area contributed by atoms with Gasteiger partial charge >= 0.3 is 5.97 Å². The van der Waals surface area contributed by atoms with Gasteiger partial charge in [0.1, 0.15) is 0 Å². The summed E-state index contributed by atoms with van der Waals surface area (Å²) in [7, 11) is 1.41. The Bertz CT molecular complexity index is 459. The molecular formula is C15H19NO3. The lowest BCUT2D eigenvalue weighted by Gasteiger charge is -2.30. The van der Waals surface area contributed by atoms with Crippen LogP contribution in [-0.2, 0) is 9.53 Å². The number of benzene rings is 1. The molecule has 1 aliphatic rings. The van der Waals surface area contributed by atoms with Crippen molar-refractivity contribution >= 4 is 11.9 Å². The van der Waals surface area contributed by atoms with E-state index < -0.39 is 0 Å². The highest BCUT2D eigenvalue weighted by molar-refractivity contribution is 5.94. The van der Waals surface area contributed by atoms with Gasteiger partial charge < -0.3 is 9.64 Å². The van der Waals surface area contributed by atoms with Crippen molar-refractivity contribution < 1.29 is 14.3 Å². The highest BCUT2D eigenvalue weighted by Gasteiger charge is 2.28. The molecule has 1 amide bonds. The number of methoxy groups -OCH3 is 1. The summed E-state index contributed by atoms with van der Waals surface area (Å²) in [5, 5.41) is 0. The van der Waals surface area contributed by atoms with Crippen molar-refractivity contribution in [1.82, 2.24) is 4.90 Å². The van der Waals surface area contributed by atoms with Crippen LogP contribution >= 0.6 is 0 Å². The first-order chi connectivity index (χ1) is 9.11. The molecule has 0 spiro atoms. The van der Waals surface area contributed by atoms with E-state index in [-0.39, 0.29) is 17.8 Å². The molecule has 0 saturated carbocycles. The summed E-state index contributed by atoms with van der Waals surface area (Å²) in [4.78, 5) is 25.5. The van der Waals surface area contributed by atoms with E-state index in [0.717, 1.165) is 5.56 Å². The smallest absolute Gasteiger partial charge is 0.308 e. The Labute approximate surface area is 113 Å². The van der Waals surface area contributed by atoms with Crippen LogP contribution in [0.3, 0.4) is 0 Å². The molecule has 4 heteroatoms. The largest absolute Gasteiger partial charge is 0.469 e. The summed E-state index contributed by atoms with van der Waals surface area (Å²) in [5.74, 6) is -0.183. The molecule has 102 valence electrons. The standard InChI is InChI=1S/C15H19NO3/c1-11-3-5-12(6-4-11)14(17)16-9-7-13(8-10-16)15(18)19-2/h3-6,13H,7-10H2,1-2H3. The molecule has 0 aliphatic carbocycles. The fourth-order valence-electron chi connectivity index (χ4n) is 2.36. The quantitative estimate of drug-likeness (QED) is 0.765. The molecule has 0 aromatic heterocycles. The molecule has 2 rings (SSSR count). The number of rotatable bonds is 2. The maximum Gasteiger partial charge on any atom is 0.308 e. The minimum absolute atomic E-state index is 0.0447. The van der Waals surface area contributed by atoms with Gasteiger partial charge in [0.05, 0.1) is 13.0 Å². The first kappa shape index (κ1) is 13.6. The van der Waals surface area contributed by atoms with E-state index in [9.17, 15) is 9.59 Å². The minimum Gasteiger partial charge on any atom is -0.469 e. The topological polar surface area (TPSA) is 46.6 Å². The summed E-state index contributed by atoms with van der Waals surface area (Å²) in [5.41, 5.74) is 1.85. The van der Waals surface area contributed by atoms with Crippen LogP contribution < -0.4 is 0 Å². The summed E-state index contributed by atoms with van der Waals surface area (Å²) in [6.07, 6.45) is 1.37. The van der Waals surface area contributed by atoms with Crippen LogP contribution in [0.2, 0.25) is 0 Å². The van der Waals surface area contributed by atoms with E-state index in [1.54, 1.807) is 0 Å². The number of aryl methyl sites for hydroxylation is 1. The number of carbonyl (C=O) groups is 2. The molecule has 1 aromatic carbocycles. The van der Waals surface area contributed by atoms with Gasteiger partial charge in [-0.2, -0.15) is 0 Å². The lowest BCUT2D eigenvalue weighted by molar-refractivity contribution is -0.146. The number of hydrogen-bond acceptors (Lipinski definition) is 3. The molecule has 1 aliphatic heterocycles. The number of ether oxygens (including phenoxy) is 1. The molecule has 0 bridgehead atoms. The van der Waals surface area contributed by atoms with Crippen molar-refractivity contribution in [1.29, 1.82) is 0 Å². The van der Waals surface area contributed by atoms with Crippen LogP contribution in [-0.4, -0.2) is 37.0 Å². The predicted octanol–water partition coefficient (Wildman–Crippen LogP) is 2.02. The van der Waals surface area contributed by atoms with E-state index in [4.69, 9.17) is 4.74 Å². The van der Waals surface area contributed by atoms with Crippen molar-refractivity contribution in [2.24, 2.45) is 5.92 Å². The molecule has 19 heavy (non-hydrogen) atoms. The molecule has 4 nitrogen and oxygen atoms in total. The molecule has 0 N–H and O–H groups in total. The van der Waals surface area contributed by atoms with Gasteiger partial charge in [-0.05, 0) is 31.9 Å². The fourth-order valence-corrected chi connectivity index (χ4v) is 2.36. The van der Waals surface area contributed by atoms with Gasteiger partial charge in [-0.1, -0.05) is 17.7 Å². The van der Waals surface area contributed by atoms with E-state index >= 15 is 0 Å². The zero-order chi connectivity index (χ0) is 13.8. The number of likely N-dealkylation sites (tertiary alicyclic amines) is 1. The second kappa shape index (κ2) is 5.87.